The van der Waals surface area contributed by atoms with E-state index in [1.807, 2.05) is 19.0 Å². The number of nitrogens with one attached hydrogen (secondary N) is 1. The van der Waals surface area contributed by atoms with Crippen molar-refractivity contribution in [3.05, 3.63) is 17.5 Å². The SMILES string of the molecule is CCOC(=O)c1cnc(NCC(C)(O)CN(C)C)nc1C. The van der Waals surface area contributed by atoms with Crippen LogP contribution in [0.2, 0.25) is 0 Å². The standard InChI is InChI=1S/C14H24N4O3/c1-6-21-12(19)11-7-15-13(17-10(11)2)16-8-14(3,20)9-18(4)5/h7,20H,6,8-9H2,1-5H3,(H,15,16,17). The summed E-state index contributed by atoms with van der Waals surface area (Å²) in [5, 5.41) is 13.2. The first kappa shape index (κ1) is 17.3. The lowest BCUT2D eigenvalue weighted by atomic mass is 10.1. The lowest BCUT2D eigenvalue weighted by Gasteiger charge is -2.27. The number of carbonyl (C=O) groups is 1. The minimum atomic E-state index is -0.902. The van der Waals surface area contributed by atoms with Crippen LogP contribution in [0, 0.1) is 6.92 Å². The fraction of sp³-hybridized carbons (Fsp3) is 0.643. The number of aliphatic hydroxyl groups is 1. The zero-order valence-corrected chi connectivity index (χ0v) is 13.3. The Labute approximate surface area is 125 Å². The Morgan fingerprint density at radius 3 is 2.71 bits per heavy atom. The van der Waals surface area contributed by atoms with Crippen molar-refractivity contribution in [2.24, 2.45) is 0 Å². The second-order valence-corrected chi connectivity index (χ2v) is 5.50. The van der Waals surface area contributed by atoms with Crippen LogP contribution in [0.25, 0.3) is 0 Å². The van der Waals surface area contributed by atoms with Gasteiger partial charge in [-0.25, -0.2) is 14.8 Å². The van der Waals surface area contributed by atoms with E-state index in [1.165, 1.54) is 6.20 Å². The first-order chi connectivity index (χ1) is 9.75. The van der Waals surface area contributed by atoms with Crippen molar-refractivity contribution in [1.82, 2.24) is 14.9 Å². The lowest BCUT2D eigenvalue weighted by molar-refractivity contribution is 0.0456. The quantitative estimate of drug-likeness (QED) is 0.716. The van der Waals surface area contributed by atoms with Crippen LogP contribution in [0.15, 0.2) is 6.20 Å². The summed E-state index contributed by atoms with van der Waals surface area (Å²) in [6.45, 7) is 6.34. The van der Waals surface area contributed by atoms with E-state index >= 15 is 0 Å². The van der Waals surface area contributed by atoms with Crippen LogP contribution in [-0.2, 0) is 4.74 Å². The van der Waals surface area contributed by atoms with E-state index in [1.54, 1.807) is 20.8 Å². The highest BCUT2D eigenvalue weighted by molar-refractivity contribution is 5.90. The summed E-state index contributed by atoms with van der Waals surface area (Å²) < 4.78 is 4.92. The van der Waals surface area contributed by atoms with Gasteiger partial charge in [-0.2, -0.15) is 0 Å². The van der Waals surface area contributed by atoms with Gasteiger partial charge in [0.15, 0.2) is 0 Å². The van der Waals surface area contributed by atoms with Gasteiger partial charge in [-0.1, -0.05) is 0 Å². The Hall–Kier alpha value is -1.73. The van der Waals surface area contributed by atoms with Gasteiger partial charge in [0.1, 0.15) is 0 Å². The summed E-state index contributed by atoms with van der Waals surface area (Å²) in [5.74, 6) is -0.0549. The number of carbonyl (C=O) groups excluding carboxylic acids is 1. The molecule has 1 aromatic heterocycles. The summed E-state index contributed by atoms with van der Waals surface area (Å²) in [5.41, 5.74) is -0.0127. The number of anilines is 1. The van der Waals surface area contributed by atoms with Crippen molar-refractivity contribution in [3.63, 3.8) is 0 Å². The predicted molar refractivity (Wildman–Crippen MR) is 80.4 cm³/mol. The Balaban J connectivity index is 2.70. The summed E-state index contributed by atoms with van der Waals surface area (Å²) in [6, 6.07) is 0. The highest BCUT2D eigenvalue weighted by Crippen LogP contribution is 2.11. The molecule has 7 nitrogen and oxygen atoms in total. The summed E-state index contributed by atoms with van der Waals surface area (Å²) in [7, 11) is 3.78. The maximum absolute atomic E-state index is 11.6. The van der Waals surface area contributed by atoms with Gasteiger partial charge in [0.2, 0.25) is 5.95 Å². The molecular formula is C14H24N4O3. The molecule has 0 saturated heterocycles. The molecule has 0 aliphatic carbocycles. The van der Waals surface area contributed by atoms with Crippen molar-refractivity contribution in [2.45, 2.75) is 26.4 Å². The Bertz CT molecular complexity index is 489. The molecule has 7 heteroatoms. The number of rotatable bonds is 7. The van der Waals surface area contributed by atoms with E-state index in [9.17, 15) is 9.90 Å². The van der Waals surface area contributed by atoms with Crippen LogP contribution in [0.3, 0.4) is 0 Å². The van der Waals surface area contributed by atoms with Crippen molar-refractivity contribution in [2.75, 3.05) is 39.1 Å². The van der Waals surface area contributed by atoms with Gasteiger partial charge in [0, 0.05) is 19.3 Å². The third-order valence-corrected chi connectivity index (χ3v) is 2.76. The number of aromatic nitrogens is 2. The van der Waals surface area contributed by atoms with Crippen LogP contribution in [0.5, 0.6) is 0 Å². The molecule has 1 aromatic rings. The van der Waals surface area contributed by atoms with Gasteiger partial charge in [0.25, 0.3) is 0 Å². The Kier molecular flexibility index (Phi) is 6.04. The number of nitrogens with zero attached hydrogens (tertiary/aromatic N) is 3. The molecule has 2 N–H and O–H groups in total. The van der Waals surface area contributed by atoms with Crippen LogP contribution < -0.4 is 5.32 Å². The number of esters is 1. The van der Waals surface area contributed by atoms with Crippen LogP contribution in [0.1, 0.15) is 29.9 Å². The minimum absolute atomic E-state index is 0.309. The third kappa shape index (κ3) is 5.65. The fourth-order valence-electron chi connectivity index (χ4n) is 1.97. The molecule has 118 valence electrons. The summed E-state index contributed by atoms with van der Waals surface area (Å²) in [6.07, 6.45) is 1.43. The molecule has 0 saturated carbocycles. The van der Waals surface area contributed by atoms with Gasteiger partial charge in [-0.05, 0) is 34.9 Å². The fourth-order valence-corrected chi connectivity index (χ4v) is 1.97. The first-order valence-corrected chi connectivity index (χ1v) is 6.87. The molecule has 1 unspecified atom stereocenters. The molecule has 1 atom stereocenters. The Morgan fingerprint density at radius 2 is 2.19 bits per heavy atom. The van der Waals surface area contributed by atoms with Crippen molar-refractivity contribution < 1.29 is 14.6 Å². The van der Waals surface area contributed by atoms with E-state index in [0.29, 0.717) is 36.9 Å². The zero-order valence-electron chi connectivity index (χ0n) is 13.3. The van der Waals surface area contributed by atoms with E-state index < -0.39 is 11.6 Å². The minimum Gasteiger partial charge on any atom is -0.462 e. The second kappa shape index (κ2) is 7.33. The number of ether oxygens (including phenoxy) is 1. The van der Waals surface area contributed by atoms with Crippen LogP contribution in [-0.4, -0.2) is 65.3 Å². The number of likely N-dealkylation sites (N-methyl/N-ethyl adjacent to an activating group) is 1. The van der Waals surface area contributed by atoms with Gasteiger partial charge in [-0.15, -0.1) is 0 Å². The molecule has 1 rings (SSSR count). The smallest absolute Gasteiger partial charge is 0.341 e. The topological polar surface area (TPSA) is 87.6 Å². The predicted octanol–water partition coefficient (Wildman–Crippen LogP) is 0.686. The monoisotopic (exact) mass is 296 g/mol. The maximum Gasteiger partial charge on any atom is 0.341 e. The van der Waals surface area contributed by atoms with Gasteiger partial charge in [0.05, 0.1) is 23.5 Å². The molecule has 0 radical (unpaired) electrons. The molecule has 0 spiro atoms. The molecule has 0 fully saturated rings. The number of hydrogen-bond donors (Lipinski definition) is 2. The highest BCUT2D eigenvalue weighted by Gasteiger charge is 2.21. The number of hydrogen-bond acceptors (Lipinski definition) is 7. The van der Waals surface area contributed by atoms with E-state index in [2.05, 4.69) is 15.3 Å². The zero-order chi connectivity index (χ0) is 16.0. The lowest BCUT2D eigenvalue weighted by Crippen LogP contribution is -2.43. The average Bonchev–Trinajstić information content (AvgIpc) is 2.35. The average molecular weight is 296 g/mol. The maximum atomic E-state index is 11.6. The van der Waals surface area contributed by atoms with Gasteiger partial charge < -0.3 is 20.1 Å². The van der Waals surface area contributed by atoms with E-state index in [-0.39, 0.29) is 0 Å². The van der Waals surface area contributed by atoms with Crippen molar-refractivity contribution in [1.29, 1.82) is 0 Å². The molecule has 1 heterocycles. The summed E-state index contributed by atoms with van der Waals surface area (Å²) >= 11 is 0. The van der Waals surface area contributed by atoms with Crippen molar-refractivity contribution >= 4 is 11.9 Å². The van der Waals surface area contributed by atoms with E-state index in [4.69, 9.17) is 4.74 Å². The molecule has 0 bridgehead atoms. The first-order valence-electron chi connectivity index (χ1n) is 6.87. The molecule has 0 amide bonds. The van der Waals surface area contributed by atoms with Crippen LogP contribution >= 0.6 is 0 Å². The third-order valence-electron chi connectivity index (χ3n) is 2.76. The van der Waals surface area contributed by atoms with E-state index in [0.717, 1.165) is 0 Å². The molecular weight excluding hydrogens is 272 g/mol. The molecule has 21 heavy (non-hydrogen) atoms. The highest BCUT2D eigenvalue weighted by atomic mass is 16.5. The van der Waals surface area contributed by atoms with Gasteiger partial charge >= 0.3 is 5.97 Å². The second-order valence-electron chi connectivity index (χ2n) is 5.50. The van der Waals surface area contributed by atoms with Gasteiger partial charge in [-0.3, -0.25) is 0 Å². The Morgan fingerprint density at radius 1 is 1.52 bits per heavy atom. The molecule has 0 aliphatic rings. The van der Waals surface area contributed by atoms with Crippen LogP contribution in [0.4, 0.5) is 5.95 Å². The number of aryl methyl sites for hydroxylation is 1. The molecule has 0 aliphatic heterocycles. The normalized spacial score (nSPS) is 13.9. The molecule has 0 aromatic carbocycles. The largest absolute Gasteiger partial charge is 0.462 e. The van der Waals surface area contributed by atoms with Crippen molar-refractivity contribution in [3.8, 4) is 0 Å². The summed E-state index contributed by atoms with van der Waals surface area (Å²) in [4.78, 5) is 21.8.